The topological polar surface area (TPSA) is 81.1 Å². The molecule has 0 aliphatic heterocycles. The molecule has 0 spiro atoms. The summed E-state index contributed by atoms with van der Waals surface area (Å²) in [6.07, 6.45) is -0.630. The molecule has 0 aromatic rings. The maximum Gasteiger partial charge on any atom is 0.323 e. The second-order valence-electron chi connectivity index (χ2n) is 4.68. The van der Waals surface area contributed by atoms with E-state index in [1.807, 2.05) is 13.8 Å². The highest BCUT2D eigenvalue weighted by atomic mass is 16.4. The van der Waals surface area contributed by atoms with Gasteiger partial charge in [-0.05, 0) is 12.8 Å². The third-order valence-corrected chi connectivity index (χ3v) is 2.05. The lowest BCUT2D eigenvalue weighted by atomic mass is 10.2. The SMILES string of the molecule is CC(C)CN(CC(=O)O)C(=O)N(C)CC(C)O. The molecule has 1 atom stereocenters. The minimum absolute atomic E-state index is 0.188. The quantitative estimate of drug-likeness (QED) is 0.713. The van der Waals surface area contributed by atoms with Crippen molar-refractivity contribution in [2.75, 3.05) is 26.7 Å². The minimum Gasteiger partial charge on any atom is -0.480 e. The summed E-state index contributed by atoms with van der Waals surface area (Å²) >= 11 is 0. The summed E-state index contributed by atoms with van der Waals surface area (Å²) in [5, 5.41) is 17.9. The largest absolute Gasteiger partial charge is 0.480 e. The normalized spacial score (nSPS) is 12.4. The van der Waals surface area contributed by atoms with Crippen LogP contribution in [-0.2, 0) is 4.79 Å². The number of carbonyl (C=O) groups is 2. The smallest absolute Gasteiger partial charge is 0.323 e. The van der Waals surface area contributed by atoms with Crippen molar-refractivity contribution in [1.29, 1.82) is 0 Å². The van der Waals surface area contributed by atoms with Crippen molar-refractivity contribution < 1.29 is 19.8 Å². The van der Waals surface area contributed by atoms with Crippen LogP contribution in [-0.4, -0.2) is 64.8 Å². The van der Waals surface area contributed by atoms with Crippen molar-refractivity contribution in [1.82, 2.24) is 9.80 Å². The van der Waals surface area contributed by atoms with Gasteiger partial charge in [-0.1, -0.05) is 13.8 Å². The Hall–Kier alpha value is -1.30. The van der Waals surface area contributed by atoms with Crippen LogP contribution in [0.4, 0.5) is 4.79 Å². The van der Waals surface area contributed by atoms with Gasteiger partial charge in [-0.15, -0.1) is 0 Å². The summed E-state index contributed by atoms with van der Waals surface area (Å²) in [7, 11) is 1.55. The van der Waals surface area contributed by atoms with E-state index in [1.165, 1.54) is 9.80 Å². The molecule has 0 saturated heterocycles. The van der Waals surface area contributed by atoms with Crippen LogP contribution < -0.4 is 0 Å². The number of urea groups is 1. The maximum absolute atomic E-state index is 11.9. The fourth-order valence-corrected chi connectivity index (χ4v) is 1.53. The van der Waals surface area contributed by atoms with Gasteiger partial charge in [-0.2, -0.15) is 0 Å². The van der Waals surface area contributed by atoms with E-state index in [0.29, 0.717) is 6.54 Å². The number of carboxylic acid groups (broad SMARTS) is 1. The number of amides is 2. The molecule has 0 aliphatic rings. The molecule has 0 aromatic heterocycles. The van der Waals surface area contributed by atoms with Gasteiger partial charge >= 0.3 is 12.0 Å². The Kier molecular flexibility index (Phi) is 6.57. The lowest BCUT2D eigenvalue weighted by molar-refractivity contribution is -0.137. The van der Waals surface area contributed by atoms with Crippen LogP contribution in [0.25, 0.3) is 0 Å². The summed E-state index contributed by atoms with van der Waals surface area (Å²) < 4.78 is 0. The second kappa shape index (κ2) is 7.11. The van der Waals surface area contributed by atoms with Crippen molar-refractivity contribution in [3.63, 3.8) is 0 Å². The van der Waals surface area contributed by atoms with Crippen LogP contribution in [0.3, 0.4) is 0 Å². The molecule has 6 nitrogen and oxygen atoms in total. The van der Waals surface area contributed by atoms with Crippen LogP contribution in [0.2, 0.25) is 0 Å². The Morgan fingerprint density at radius 2 is 1.71 bits per heavy atom. The maximum atomic E-state index is 11.9. The van der Waals surface area contributed by atoms with Crippen LogP contribution in [0, 0.1) is 5.92 Å². The average molecular weight is 246 g/mol. The fraction of sp³-hybridized carbons (Fsp3) is 0.818. The molecule has 0 heterocycles. The minimum atomic E-state index is -1.04. The van der Waals surface area contributed by atoms with Gasteiger partial charge in [0.25, 0.3) is 0 Å². The third kappa shape index (κ3) is 6.78. The van der Waals surface area contributed by atoms with Gasteiger partial charge in [-0.3, -0.25) is 4.79 Å². The molecule has 0 aromatic carbocycles. The zero-order chi connectivity index (χ0) is 13.6. The third-order valence-electron chi connectivity index (χ3n) is 2.05. The molecule has 0 fully saturated rings. The van der Waals surface area contributed by atoms with Crippen LogP contribution >= 0.6 is 0 Å². The van der Waals surface area contributed by atoms with Gasteiger partial charge in [0.2, 0.25) is 0 Å². The molecule has 0 radical (unpaired) electrons. The van der Waals surface area contributed by atoms with E-state index in [4.69, 9.17) is 5.11 Å². The van der Waals surface area contributed by atoms with Crippen molar-refractivity contribution in [2.45, 2.75) is 26.9 Å². The summed E-state index contributed by atoms with van der Waals surface area (Å²) in [5.41, 5.74) is 0. The fourth-order valence-electron chi connectivity index (χ4n) is 1.53. The molecule has 100 valence electrons. The molecule has 1 unspecified atom stereocenters. The van der Waals surface area contributed by atoms with E-state index < -0.39 is 12.1 Å². The van der Waals surface area contributed by atoms with Gasteiger partial charge in [-0.25, -0.2) is 4.79 Å². The van der Waals surface area contributed by atoms with Crippen LogP contribution in [0.15, 0.2) is 0 Å². The predicted molar refractivity (Wildman–Crippen MR) is 63.8 cm³/mol. The first kappa shape index (κ1) is 15.7. The first-order chi connectivity index (χ1) is 7.73. The van der Waals surface area contributed by atoms with Crippen molar-refractivity contribution >= 4 is 12.0 Å². The van der Waals surface area contributed by atoms with E-state index in [0.717, 1.165) is 0 Å². The number of carbonyl (C=O) groups excluding carboxylic acids is 1. The lowest BCUT2D eigenvalue weighted by Crippen LogP contribution is -2.47. The monoisotopic (exact) mass is 246 g/mol. The molecule has 2 N–H and O–H groups in total. The van der Waals surface area contributed by atoms with Gasteiger partial charge in [0.15, 0.2) is 0 Å². The molecule has 17 heavy (non-hydrogen) atoms. The number of aliphatic carboxylic acids is 1. The average Bonchev–Trinajstić information content (AvgIpc) is 2.12. The lowest BCUT2D eigenvalue weighted by Gasteiger charge is -2.28. The molecule has 0 aliphatic carbocycles. The Labute approximate surface area is 102 Å². The van der Waals surface area contributed by atoms with Gasteiger partial charge in [0.1, 0.15) is 6.54 Å². The van der Waals surface area contributed by atoms with Gasteiger partial charge < -0.3 is 20.0 Å². The molecule has 2 amide bonds. The van der Waals surface area contributed by atoms with Gasteiger partial charge in [0.05, 0.1) is 6.10 Å². The van der Waals surface area contributed by atoms with E-state index >= 15 is 0 Å². The molecule has 0 rings (SSSR count). The highest BCUT2D eigenvalue weighted by Gasteiger charge is 2.21. The van der Waals surface area contributed by atoms with E-state index in [2.05, 4.69) is 0 Å². The summed E-state index contributed by atoms with van der Waals surface area (Å²) in [6.45, 7) is 5.66. The summed E-state index contributed by atoms with van der Waals surface area (Å²) in [4.78, 5) is 25.2. The Bertz CT molecular complexity index is 266. The molecular weight excluding hydrogens is 224 g/mol. The van der Waals surface area contributed by atoms with Crippen LogP contribution in [0.5, 0.6) is 0 Å². The molecular formula is C11H22N2O4. The number of aliphatic hydroxyl groups is 1. The van der Waals surface area contributed by atoms with E-state index in [1.54, 1.807) is 14.0 Å². The molecule has 0 bridgehead atoms. The van der Waals surface area contributed by atoms with E-state index in [9.17, 15) is 14.7 Å². The zero-order valence-corrected chi connectivity index (χ0v) is 10.9. The number of nitrogens with zero attached hydrogens (tertiary/aromatic N) is 2. The Balaban J connectivity index is 4.55. The predicted octanol–water partition coefficient (Wildman–Crippen LogP) is 0.462. The second-order valence-corrected chi connectivity index (χ2v) is 4.68. The number of hydrogen-bond donors (Lipinski definition) is 2. The highest BCUT2D eigenvalue weighted by molar-refractivity contribution is 5.80. The van der Waals surface area contributed by atoms with E-state index in [-0.39, 0.29) is 25.0 Å². The standard InChI is InChI=1S/C11H22N2O4/c1-8(2)5-13(7-10(15)16)11(17)12(4)6-9(3)14/h8-9,14H,5-7H2,1-4H3,(H,15,16). The first-order valence-corrected chi connectivity index (χ1v) is 5.64. The zero-order valence-electron chi connectivity index (χ0n) is 10.9. The number of likely N-dealkylation sites (N-methyl/N-ethyl adjacent to an activating group) is 1. The summed E-state index contributed by atoms with van der Waals surface area (Å²) in [5.74, 6) is -0.845. The Morgan fingerprint density at radius 1 is 1.18 bits per heavy atom. The molecule has 6 heteroatoms. The molecule has 0 saturated carbocycles. The van der Waals surface area contributed by atoms with Crippen molar-refractivity contribution in [3.8, 4) is 0 Å². The van der Waals surface area contributed by atoms with Crippen molar-refractivity contribution in [3.05, 3.63) is 0 Å². The van der Waals surface area contributed by atoms with Gasteiger partial charge in [0, 0.05) is 20.1 Å². The van der Waals surface area contributed by atoms with Crippen molar-refractivity contribution in [2.24, 2.45) is 5.92 Å². The van der Waals surface area contributed by atoms with Crippen LogP contribution in [0.1, 0.15) is 20.8 Å². The Morgan fingerprint density at radius 3 is 2.06 bits per heavy atom. The highest BCUT2D eigenvalue weighted by Crippen LogP contribution is 2.03. The number of hydrogen-bond acceptors (Lipinski definition) is 3. The first-order valence-electron chi connectivity index (χ1n) is 5.64. The summed E-state index contributed by atoms with van der Waals surface area (Å²) in [6, 6.07) is -0.373. The number of carboxylic acids is 1. The number of rotatable bonds is 6. The number of aliphatic hydroxyl groups excluding tert-OH is 1.